The van der Waals surface area contributed by atoms with Crippen LogP contribution in [0.4, 0.5) is 0 Å². The van der Waals surface area contributed by atoms with Crippen LogP contribution in [0.25, 0.3) is 0 Å². The van der Waals surface area contributed by atoms with Crippen molar-refractivity contribution in [2.45, 2.75) is 38.8 Å². The number of amides is 1. The molecule has 2 bridgehead atoms. The molecule has 0 saturated carbocycles. The third-order valence-electron chi connectivity index (χ3n) is 5.24. The van der Waals surface area contributed by atoms with Crippen LogP contribution in [0.5, 0.6) is 5.75 Å². The average Bonchev–Trinajstić information content (AvgIpc) is 2.62. The van der Waals surface area contributed by atoms with Gasteiger partial charge in [0.05, 0.1) is 6.10 Å². The van der Waals surface area contributed by atoms with Gasteiger partial charge in [-0.3, -0.25) is 9.59 Å². The quantitative estimate of drug-likeness (QED) is 0.853. The number of nitrogens with zero attached hydrogens (tertiary/aromatic N) is 2. The minimum atomic E-state index is 0.0579. The molecule has 136 valence electrons. The Bertz CT molecular complexity index is 870. The van der Waals surface area contributed by atoms with E-state index in [-0.39, 0.29) is 23.5 Å². The van der Waals surface area contributed by atoms with Crippen LogP contribution in [0.3, 0.4) is 0 Å². The smallest absolute Gasteiger partial charge is 0.253 e. The monoisotopic (exact) mass is 352 g/mol. The maximum absolute atomic E-state index is 13.0. The van der Waals surface area contributed by atoms with Gasteiger partial charge in [-0.2, -0.15) is 0 Å². The first kappa shape index (κ1) is 16.9. The first-order valence-electron chi connectivity index (χ1n) is 9.27. The molecular formula is C21H24N2O3. The zero-order chi connectivity index (χ0) is 18.3. The second-order valence-corrected chi connectivity index (χ2v) is 7.60. The lowest BCUT2D eigenvalue weighted by atomic mass is 9.83. The Hall–Kier alpha value is -2.56. The summed E-state index contributed by atoms with van der Waals surface area (Å²) in [6.45, 7) is 6.04. The molecule has 5 nitrogen and oxygen atoms in total. The third-order valence-corrected chi connectivity index (χ3v) is 5.24. The van der Waals surface area contributed by atoms with Crippen molar-refractivity contribution in [3.05, 3.63) is 64.1 Å². The molecule has 2 aliphatic heterocycles. The molecule has 3 heterocycles. The van der Waals surface area contributed by atoms with Crippen molar-refractivity contribution < 1.29 is 9.53 Å². The molecule has 2 aliphatic rings. The molecule has 4 rings (SSSR count). The molecule has 2 unspecified atom stereocenters. The highest BCUT2D eigenvalue weighted by Gasteiger charge is 2.36. The van der Waals surface area contributed by atoms with Crippen LogP contribution in [0, 0.1) is 5.92 Å². The molecule has 0 aliphatic carbocycles. The lowest BCUT2D eigenvalue weighted by Gasteiger charge is -2.42. The largest absolute Gasteiger partial charge is 0.491 e. The lowest BCUT2D eigenvalue weighted by Crippen LogP contribution is -2.49. The molecule has 1 aromatic heterocycles. The minimum absolute atomic E-state index is 0.0579. The van der Waals surface area contributed by atoms with Gasteiger partial charge in [0, 0.05) is 42.9 Å². The molecule has 26 heavy (non-hydrogen) atoms. The van der Waals surface area contributed by atoms with Crippen molar-refractivity contribution in [3.8, 4) is 5.75 Å². The summed E-state index contributed by atoms with van der Waals surface area (Å²) in [5, 5.41) is 0. The molecule has 2 aromatic rings. The first-order valence-corrected chi connectivity index (χ1v) is 9.27. The summed E-state index contributed by atoms with van der Waals surface area (Å²) in [6.07, 6.45) is 1.16. The van der Waals surface area contributed by atoms with Crippen LogP contribution in [0.15, 0.2) is 47.3 Å². The maximum atomic E-state index is 13.0. The van der Waals surface area contributed by atoms with Crippen LogP contribution >= 0.6 is 0 Å². The van der Waals surface area contributed by atoms with Gasteiger partial charge in [-0.1, -0.05) is 6.07 Å². The summed E-state index contributed by atoms with van der Waals surface area (Å²) < 4.78 is 7.54. The molecule has 1 aromatic carbocycles. The predicted octanol–water partition coefficient (Wildman–Crippen LogP) is 2.90. The minimum Gasteiger partial charge on any atom is -0.491 e. The highest BCUT2D eigenvalue weighted by Crippen LogP contribution is 2.35. The topological polar surface area (TPSA) is 51.5 Å². The number of aromatic nitrogens is 1. The number of likely N-dealkylation sites (tertiary alicyclic amines) is 1. The molecule has 0 spiro atoms. The van der Waals surface area contributed by atoms with E-state index >= 15 is 0 Å². The van der Waals surface area contributed by atoms with Gasteiger partial charge in [-0.05, 0) is 56.5 Å². The highest BCUT2D eigenvalue weighted by molar-refractivity contribution is 5.94. The maximum Gasteiger partial charge on any atom is 0.253 e. The van der Waals surface area contributed by atoms with Gasteiger partial charge in [0.2, 0.25) is 0 Å². The fourth-order valence-corrected chi connectivity index (χ4v) is 4.19. The molecule has 1 saturated heterocycles. The van der Waals surface area contributed by atoms with Crippen LogP contribution in [0.1, 0.15) is 42.2 Å². The van der Waals surface area contributed by atoms with Gasteiger partial charge in [0.1, 0.15) is 5.75 Å². The normalized spacial score (nSPS) is 21.4. The van der Waals surface area contributed by atoms with E-state index in [1.807, 2.05) is 59.7 Å². The Morgan fingerprint density at radius 3 is 2.58 bits per heavy atom. The summed E-state index contributed by atoms with van der Waals surface area (Å²) in [5.41, 5.74) is 1.82. The number of pyridine rings is 1. The van der Waals surface area contributed by atoms with Crippen molar-refractivity contribution in [2.24, 2.45) is 5.92 Å². The Kier molecular flexibility index (Phi) is 4.31. The summed E-state index contributed by atoms with van der Waals surface area (Å²) in [6, 6.07) is 12.8. The Balaban J connectivity index is 1.53. The standard InChI is InChI=1S/C21H24N2O3/c1-14(2)26-18-8-6-16(7-9-18)21(25)22-11-15-10-17(13-22)19-4-3-5-20(24)23(19)12-15/h3-9,14-15,17H,10-13H2,1-2H3. The number of rotatable bonds is 3. The molecule has 2 atom stereocenters. The zero-order valence-electron chi connectivity index (χ0n) is 15.2. The lowest BCUT2D eigenvalue weighted by molar-refractivity contribution is 0.0594. The number of carbonyl (C=O) groups is 1. The van der Waals surface area contributed by atoms with Gasteiger partial charge < -0.3 is 14.2 Å². The summed E-state index contributed by atoms with van der Waals surface area (Å²) in [7, 11) is 0. The van der Waals surface area contributed by atoms with Crippen LogP contribution in [0.2, 0.25) is 0 Å². The average molecular weight is 352 g/mol. The Labute approximate surface area is 153 Å². The van der Waals surface area contributed by atoms with Crippen molar-refractivity contribution >= 4 is 5.91 Å². The molecule has 5 heteroatoms. The van der Waals surface area contributed by atoms with Crippen molar-refractivity contribution in [3.63, 3.8) is 0 Å². The summed E-state index contributed by atoms with van der Waals surface area (Å²) >= 11 is 0. The van der Waals surface area contributed by atoms with E-state index in [2.05, 4.69) is 0 Å². The van der Waals surface area contributed by atoms with Crippen molar-refractivity contribution in [1.82, 2.24) is 9.47 Å². The van der Waals surface area contributed by atoms with Gasteiger partial charge in [-0.25, -0.2) is 0 Å². The van der Waals surface area contributed by atoms with Crippen LogP contribution in [-0.2, 0) is 6.54 Å². The van der Waals surface area contributed by atoms with Gasteiger partial charge in [0.25, 0.3) is 11.5 Å². The number of hydrogen-bond acceptors (Lipinski definition) is 3. The number of fused-ring (bicyclic) bond motifs is 4. The zero-order valence-corrected chi connectivity index (χ0v) is 15.2. The Morgan fingerprint density at radius 2 is 1.85 bits per heavy atom. The molecule has 1 amide bonds. The second kappa shape index (κ2) is 6.63. The van der Waals surface area contributed by atoms with Gasteiger partial charge in [0.15, 0.2) is 0 Å². The SMILES string of the molecule is CC(C)Oc1ccc(C(=O)N2CC3CC(C2)c2cccc(=O)n2C3)cc1. The number of carbonyl (C=O) groups excluding carboxylic acids is 1. The molecular weight excluding hydrogens is 328 g/mol. The predicted molar refractivity (Wildman–Crippen MR) is 99.7 cm³/mol. The summed E-state index contributed by atoms with van der Waals surface area (Å²) in [4.78, 5) is 27.0. The van der Waals surface area contributed by atoms with E-state index < -0.39 is 0 Å². The highest BCUT2D eigenvalue weighted by atomic mass is 16.5. The number of hydrogen-bond donors (Lipinski definition) is 0. The number of ether oxygens (including phenoxy) is 1. The second-order valence-electron chi connectivity index (χ2n) is 7.60. The van der Waals surface area contributed by atoms with E-state index in [1.165, 1.54) is 0 Å². The Morgan fingerprint density at radius 1 is 1.08 bits per heavy atom. The van der Waals surface area contributed by atoms with Gasteiger partial charge >= 0.3 is 0 Å². The van der Waals surface area contributed by atoms with Crippen molar-refractivity contribution in [1.29, 1.82) is 0 Å². The third kappa shape index (κ3) is 3.14. The van der Waals surface area contributed by atoms with Crippen LogP contribution < -0.4 is 10.3 Å². The first-order chi connectivity index (χ1) is 12.5. The molecule has 1 fully saturated rings. The van der Waals surface area contributed by atoms with Crippen molar-refractivity contribution in [2.75, 3.05) is 13.1 Å². The fraction of sp³-hybridized carbons (Fsp3) is 0.429. The van der Waals surface area contributed by atoms with Crippen LogP contribution in [-0.4, -0.2) is 34.6 Å². The van der Waals surface area contributed by atoms with E-state index in [0.29, 0.717) is 31.1 Å². The van der Waals surface area contributed by atoms with Gasteiger partial charge in [-0.15, -0.1) is 0 Å². The van der Waals surface area contributed by atoms with E-state index in [4.69, 9.17) is 4.74 Å². The number of benzene rings is 1. The molecule has 0 N–H and O–H groups in total. The van der Waals surface area contributed by atoms with E-state index in [9.17, 15) is 9.59 Å². The fourth-order valence-electron chi connectivity index (χ4n) is 4.19. The summed E-state index contributed by atoms with van der Waals surface area (Å²) in [5.74, 6) is 1.42. The molecule has 0 radical (unpaired) electrons. The number of piperidine rings is 1. The van der Waals surface area contributed by atoms with E-state index in [0.717, 1.165) is 17.9 Å². The van der Waals surface area contributed by atoms with E-state index in [1.54, 1.807) is 6.07 Å².